The summed E-state index contributed by atoms with van der Waals surface area (Å²) in [5, 5.41) is 4.48. The molecular formula is C18H24N4O3. The third-order valence-corrected chi connectivity index (χ3v) is 4.58. The third kappa shape index (κ3) is 3.45. The standard InChI is InChI=1S/C18H24N4O3/c1-12-19-13(2)22(20-12)14-6-5-9-21(11-14)18(23)16-8-7-15(24-3)10-17(16)25-4/h7-8,10,14H,5-6,9,11H2,1-4H3. The average Bonchev–Trinajstić information content (AvgIpc) is 2.98. The molecule has 134 valence electrons. The largest absolute Gasteiger partial charge is 0.497 e. The van der Waals surface area contributed by atoms with E-state index in [2.05, 4.69) is 10.1 Å². The topological polar surface area (TPSA) is 69.5 Å². The summed E-state index contributed by atoms with van der Waals surface area (Å²) in [6, 6.07) is 5.43. The highest BCUT2D eigenvalue weighted by Crippen LogP contribution is 2.28. The van der Waals surface area contributed by atoms with Crippen molar-refractivity contribution in [3.63, 3.8) is 0 Å². The zero-order valence-electron chi connectivity index (χ0n) is 15.2. The molecule has 7 nitrogen and oxygen atoms in total. The van der Waals surface area contributed by atoms with Crippen LogP contribution in [0.5, 0.6) is 11.5 Å². The van der Waals surface area contributed by atoms with E-state index >= 15 is 0 Å². The normalized spacial score (nSPS) is 17.4. The van der Waals surface area contributed by atoms with Gasteiger partial charge in [0.25, 0.3) is 5.91 Å². The van der Waals surface area contributed by atoms with Gasteiger partial charge < -0.3 is 14.4 Å². The van der Waals surface area contributed by atoms with Crippen molar-refractivity contribution in [2.24, 2.45) is 0 Å². The molecule has 1 fully saturated rings. The molecular weight excluding hydrogens is 320 g/mol. The summed E-state index contributed by atoms with van der Waals surface area (Å²) in [4.78, 5) is 19.3. The molecule has 1 unspecified atom stereocenters. The molecule has 7 heteroatoms. The molecule has 1 amide bonds. The minimum atomic E-state index is -0.0290. The Hall–Kier alpha value is -2.57. The van der Waals surface area contributed by atoms with Crippen LogP contribution in [0.25, 0.3) is 0 Å². The average molecular weight is 344 g/mol. The summed E-state index contributed by atoms with van der Waals surface area (Å²) in [6.45, 7) is 5.19. The Labute approximate surface area is 147 Å². The van der Waals surface area contributed by atoms with Crippen molar-refractivity contribution in [1.29, 1.82) is 0 Å². The second kappa shape index (κ2) is 7.13. The van der Waals surface area contributed by atoms with Crippen LogP contribution in [0.3, 0.4) is 0 Å². The van der Waals surface area contributed by atoms with Crippen molar-refractivity contribution in [2.75, 3.05) is 27.3 Å². The van der Waals surface area contributed by atoms with Crippen LogP contribution in [-0.2, 0) is 0 Å². The van der Waals surface area contributed by atoms with E-state index in [0.717, 1.165) is 31.0 Å². The molecule has 2 heterocycles. The first-order valence-corrected chi connectivity index (χ1v) is 8.44. The van der Waals surface area contributed by atoms with Crippen LogP contribution in [0.15, 0.2) is 18.2 Å². The Morgan fingerprint density at radius 1 is 1.24 bits per heavy atom. The lowest BCUT2D eigenvalue weighted by Gasteiger charge is -2.33. The molecule has 1 atom stereocenters. The van der Waals surface area contributed by atoms with Gasteiger partial charge >= 0.3 is 0 Å². The van der Waals surface area contributed by atoms with Gasteiger partial charge in [-0.1, -0.05) is 0 Å². The summed E-state index contributed by atoms with van der Waals surface area (Å²) in [6.07, 6.45) is 1.93. The number of aryl methyl sites for hydroxylation is 2. The van der Waals surface area contributed by atoms with E-state index in [0.29, 0.717) is 23.6 Å². The fourth-order valence-electron chi connectivity index (χ4n) is 3.37. The summed E-state index contributed by atoms with van der Waals surface area (Å²) >= 11 is 0. The molecule has 1 aliphatic heterocycles. The number of carbonyl (C=O) groups excluding carboxylic acids is 1. The number of methoxy groups -OCH3 is 2. The van der Waals surface area contributed by atoms with E-state index in [1.165, 1.54) is 0 Å². The maximum absolute atomic E-state index is 13.0. The molecule has 1 aliphatic rings. The van der Waals surface area contributed by atoms with Crippen LogP contribution >= 0.6 is 0 Å². The second-order valence-electron chi connectivity index (χ2n) is 6.26. The molecule has 0 N–H and O–H groups in total. The number of benzene rings is 1. The van der Waals surface area contributed by atoms with E-state index in [1.807, 2.05) is 23.4 Å². The van der Waals surface area contributed by atoms with Gasteiger partial charge in [-0.25, -0.2) is 9.67 Å². The Kier molecular flexibility index (Phi) is 4.92. The van der Waals surface area contributed by atoms with Crippen molar-refractivity contribution in [3.05, 3.63) is 35.4 Å². The van der Waals surface area contributed by atoms with Gasteiger partial charge in [0.15, 0.2) is 0 Å². The zero-order chi connectivity index (χ0) is 18.0. The van der Waals surface area contributed by atoms with Crippen molar-refractivity contribution in [2.45, 2.75) is 32.7 Å². The number of hydrogen-bond donors (Lipinski definition) is 0. The molecule has 0 saturated carbocycles. The molecule has 1 aromatic carbocycles. The van der Waals surface area contributed by atoms with E-state index in [9.17, 15) is 4.79 Å². The van der Waals surface area contributed by atoms with Gasteiger partial charge in [0.2, 0.25) is 0 Å². The van der Waals surface area contributed by atoms with E-state index in [4.69, 9.17) is 9.47 Å². The number of rotatable bonds is 4. The van der Waals surface area contributed by atoms with E-state index in [1.54, 1.807) is 32.4 Å². The lowest BCUT2D eigenvalue weighted by molar-refractivity contribution is 0.0668. The summed E-state index contributed by atoms with van der Waals surface area (Å²) < 4.78 is 12.5. The van der Waals surface area contributed by atoms with Crippen LogP contribution in [0.2, 0.25) is 0 Å². The van der Waals surface area contributed by atoms with Crippen molar-refractivity contribution in [1.82, 2.24) is 19.7 Å². The SMILES string of the molecule is COc1ccc(C(=O)N2CCCC(n3nc(C)nc3C)C2)c(OC)c1. The Morgan fingerprint density at radius 2 is 2.04 bits per heavy atom. The van der Waals surface area contributed by atoms with Crippen molar-refractivity contribution < 1.29 is 14.3 Å². The Balaban J connectivity index is 1.81. The first-order valence-electron chi connectivity index (χ1n) is 8.44. The highest BCUT2D eigenvalue weighted by molar-refractivity contribution is 5.97. The van der Waals surface area contributed by atoms with Gasteiger partial charge in [-0.2, -0.15) is 5.10 Å². The lowest BCUT2D eigenvalue weighted by atomic mass is 10.0. The molecule has 1 aromatic heterocycles. The van der Waals surface area contributed by atoms with Gasteiger partial charge in [-0.05, 0) is 38.8 Å². The Morgan fingerprint density at radius 3 is 2.68 bits per heavy atom. The maximum atomic E-state index is 13.0. The molecule has 0 bridgehead atoms. The minimum Gasteiger partial charge on any atom is -0.497 e. The second-order valence-corrected chi connectivity index (χ2v) is 6.26. The Bertz CT molecular complexity index is 772. The van der Waals surface area contributed by atoms with Gasteiger partial charge in [-0.15, -0.1) is 0 Å². The zero-order valence-corrected chi connectivity index (χ0v) is 15.2. The highest BCUT2D eigenvalue weighted by atomic mass is 16.5. The molecule has 2 aromatic rings. The fourth-order valence-corrected chi connectivity index (χ4v) is 3.37. The highest BCUT2D eigenvalue weighted by Gasteiger charge is 2.28. The molecule has 0 spiro atoms. The monoisotopic (exact) mass is 344 g/mol. The molecule has 0 aliphatic carbocycles. The third-order valence-electron chi connectivity index (χ3n) is 4.58. The molecule has 25 heavy (non-hydrogen) atoms. The van der Waals surface area contributed by atoms with Crippen molar-refractivity contribution in [3.8, 4) is 11.5 Å². The number of piperidine rings is 1. The quantitative estimate of drug-likeness (QED) is 0.852. The summed E-state index contributed by atoms with van der Waals surface area (Å²) in [5.74, 6) is 2.81. The van der Waals surface area contributed by atoms with Gasteiger partial charge in [0.05, 0.1) is 25.8 Å². The number of carbonyl (C=O) groups is 1. The first-order chi connectivity index (χ1) is 12.0. The number of nitrogens with zero attached hydrogens (tertiary/aromatic N) is 4. The number of amides is 1. The molecule has 0 radical (unpaired) electrons. The maximum Gasteiger partial charge on any atom is 0.257 e. The van der Waals surface area contributed by atoms with Crippen LogP contribution in [0, 0.1) is 13.8 Å². The van der Waals surface area contributed by atoms with E-state index in [-0.39, 0.29) is 11.9 Å². The fraction of sp³-hybridized carbons (Fsp3) is 0.500. The van der Waals surface area contributed by atoms with Crippen LogP contribution in [0.1, 0.15) is 40.9 Å². The van der Waals surface area contributed by atoms with Gasteiger partial charge in [0, 0.05) is 19.2 Å². The van der Waals surface area contributed by atoms with Crippen LogP contribution in [0.4, 0.5) is 0 Å². The summed E-state index contributed by atoms with van der Waals surface area (Å²) in [5.41, 5.74) is 0.551. The van der Waals surface area contributed by atoms with Crippen molar-refractivity contribution >= 4 is 5.91 Å². The van der Waals surface area contributed by atoms with Crippen LogP contribution in [-0.4, -0.2) is 52.9 Å². The predicted octanol–water partition coefficient (Wildman–Crippen LogP) is 2.39. The smallest absolute Gasteiger partial charge is 0.257 e. The van der Waals surface area contributed by atoms with Crippen LogP contribution < -0.4 is 9.47 Å². The molecule has 1 saturated heterocycles. The van der Waals surface area contributed by atoms with E-state index < -0.39 is 0 Å². The number of likely N-dealkylation sites (tertiary alicyclic amines) is 1. The first kappa shape index (κ1) is 17.3. The van der Waals surface area contributed by atoms with Gasteiger partial charge in [0.1, 0.15) is 23.1 Å². The van der Waals surface area contributed by atoms with Gasteiger partial charge in [-0.3, -0.25) is 4.79 Å². The summed E-state index contributed by atoms with van der Waals surface area (Å²) in [7, 11) is 3.15. The molecule has 3 rings (SSSR count). The lowest BCUT2D eigenvalue weighted by Crippen LogP contribution is -2.41. The predicted molar refractivity (Wildman–Crippen MR) is 93.2 cm³/mol. The number of aromatic nitrogens is 3. The number of hydrogen-bond acceptors (Lipinski definition) is 5. The number of ether oxygens (including phenoxy) is 2. The minimum absolute atomic E-state index is 0.0290.